The number of amides is 1. The first kappa shape index (κ1) is 20.1. The summed E-state index contributed by atoms with van der Waals surface area (Å²) in [5, 5.41) is 1.64. The highest BCUT2D eigenvalue weighted by molar-refractivity contribution is 6.31. The number of H-pyrrole nitrogens is 2. The average molecular weight is 441 g/mol. The first-order valence-corrected chi connectivity index (χ1v) is 10.7. The van der Waals surface area contributed by atoms with Crippen LogP contribution in [0.25, 0.3) is 21.9 Å². The number of aromatic amines is 2. The van der Waals surface area contributed by atoms with Crippen molar-refractivity contribution >= 4 is 45.1 Å². The molecule has 32 heavy (non-hydrogen) atoms. The standard InChI is InChI=1S/C26H21ClN4O/c1-2-12-31(21-8-9-22-18(15-21)10-11-28-22)26(32)25-29-23-16-20(27)14-19(24(23)30-25)13-17-6-4-3-5-7-17/h2-11,14-16,28H,1,12-13H2,(H,29,30). The van der Waals surface area contributed by atoms with Gasteiger partial charge in [-0.2, -0.15) is 0 Å². The number of rotatable bonds is 6. The van der Waals surface area contributed by atoms with Crippen LogP contribution in [0.15, 0.2) is 85.6 Å². The van der Waals surface area contributed by atoms with Crippen molar-refractivity contribution in [3.8, 4) is 0 Å². The fourth-order valence-corrected chi connectivity index (χ4v) is 4.21. The van der Waals surface area contributed by atoms with Gasteiger partial charge in [0.2, 0.25) is 0 Å². The van der Waals surface area contributed by atoms with Crippen LogP contribution in [-0.4, -0.2) is 27.4 Å². The molecule has 5 rings (SSSR count). The Bertz CT molecular complexity index is 1430. The Kier molecular flexibility index (Phi) is 5.25. The Balaban J connectivity index is 1.54. The summed E-state index contributed by atoms with van der Waals surface area (Å²) in [6.07, 6.45) is 4.27. The van der Waals surface area contributed by atoms with Gasteiger partial charge in [-0.25, -0.2) is 4.98 Å². The van der Waals surface area contributed by atoms with Crippen LogP contribution in [0.1, 0.15) is 21.7 Å². The van der Waals surface area contributed by atoms with E-state index >= 15 is 0 Å². The van der Waals surface area contributed by atoms with Crippen molar-refractivity contribution < 1.29 is 4.79 Å². The lowest BCUT2D eigenvalue weighted by atomic mass is 10.0. The third-order valence-corrected chi connectivity index (χ3v) is 5.69. The number of anilines is 1. The highest BCUT2D eigenvalue weighted by Gasteiger charge is 2.22. The second-order valence-corrected chi connectivity index (χ2v) is 8.10. The molecular weight excluding hydrogens is 420 g/mol. The monoisotopic (exact) mass is 440 g/mol. The molecule has 0 fully saturated rings. The molecule has 5 aromatic rings. The van der Waals surface area contributed by atoms with Gasteiger partial charge in [-0.15, -0.1) is 6.58 Å². The van der Waals surface area contributed by atoms with Crippen LogP contribution in [-0.2, 0) is 6.42 Å². The summed E-state index contributed by atoms with van der Waals surface area (Å²) in [7, 11) is 0. The van der Waals surface area contributed by atoms with Gasteiger partial charge in [-0.3, -0.25) is 4.79 Å². The van der Waals surface area contributed by atoms with Crippen molar-refractivity contribution in [2.75, 3.05) is 11.4 Å². The molecule has 2 N–H and O–H groups in total. The van der Waals surface area contributed by atoms with E-state index in [0.29, 0.717) is 18.0 Å². The van der Waals surface area contributed by atoms with E-state index in [0.717, 1.165) is 38.8 Å². The third-order valence-electron chi connectivity index (χ3n) is 5.48. The maximum Gasteiger partial charge on any atom is 0.294 e. The molecular formula is C26H21ClN4O. The molecule has 0 saturated heterocycles. The molecule has 0 aliphatic rings. The minimum Gasteiger partial charge on any atom is -0.361 e. The second-order valence-electron chi connectivity index (χ2n) is 7.66. The average Bonchev–Trinajstić information content (AvgIpc) is 3.44. The number of hydrogen-bond donors (Lipinski definition) is 2. The van der Waals surface area contributed by atoms with E-state index in [2.05, 4.69) is 33.7 Å². The van der Waals surface area contributed by atoms with E-state index in [4.69, 9.17) is 11.6 Å². The summed E-state index contributed by atoms with van der Waals surface area (Å²) >= 11 is 6.37. The van der Waals surface area contributed by atoms with Crippen molar-refractivity contribution in [2.24, 2.45) is 0 Å². The van der Waals surface area contributed by atoms with Gasteiger partial charge in [0.25, 0.3) is 5.91 Å². The summed E-state index contributed by atoms with van der Waals surface area (Å²) in [5.41, 5.74) is 5.42. The lowest BCUT2D eigenvalue weighted by Crippen LogP contribution is -2.31. The van der Waals surface area contributed by atoms with Crippen LogP contribution in [0, 0.1) is 0 Å². The lowest BCUT2D eigenvalue weighted by molar-refractivity contribution is 0.0981. The highest BCUT2D eigenvalue weighted by Crippen LogP contribution is 2.27. The smallest absolute Gasteiger partial charge is 0.294 e. The molecule has 2 aromatic heterocycles. The molecule has 0 aliphatic carbocycles. The Hall–Kier alpha value is -3.83. The molecule has 3 aromatic carbocycles. The summed E-state index contributed by atoms with van der Waals surface area (Å²) in [6.45, 7) is 4.19. The number of imidazole rings is 1. The Morgan fingerprint density at radius 2 is 1.91 bits per heavy atom. The summed E-state index contributed by atoms with van der Waals surface area (Å²) in [5.74, 6) is 0.0466. The lowest BCUT2D eigenvalue weighted by Gasteiger charge is -2.20. The van der Waals surface area contributed by atoms with Gasteiger partial charge in [0.05, 0.1) is 11.0 Å². The van der Waals surface area contributed by atoms with E-state index in [-0.39, 0.29) is 11.7 Å². The number of benzene rings is 3. The zero-order valence-electron chi connectivity index (χ0n) is 17.3. The maximum atomic E-state index is 13.5. The summed E-state index contributed by atoms with van der Waals surface area (Å²) in [4.78, 5) is 26.2. The van der Waals surface area contributed by atoms with Gasteiger partial charge >= 0.3 is 0 Å². The first-order valence-electron chi connectivity index (χ1n) is 10.3. The number of nitrogens with zero attached hydrogens (tertiary/aromatic N) is 2. The van der Waals surface area contributed by atoms with Gasteiger partial charge in [0.1, 0.15) is 0 Å². The van der Waals surface area contributed by atoms with Crippen molar-refractivity contribution in [3.63, 3.8) is 0 Å². The van der Waals surface area contributed by atoms with Crippen molar-refractivity contribution in [1.82, 2.24) is 15.0 Å². The van der Waals surface area contributed by atoms with Crippen LogP contribution >= 0.6 is 11.6 Å². The largest absolute Gasteiger partial charge is 0.361 e. The zero-order chi connectivity index (χ0) is 22.1. The van der Waals surface area contributed by atoms with E-state index in [9.17, 15) is 4.79 Å². The number of fused-ring (bicyclic) bond motifs is 2. The Morgan fingerprint density at radius 1 is 1.06 bits per heavy atom. The topological polar surface area (TPSA) is 64.8 Å². The van der Waals surface area contributed by atoms with Crippen molar-refractivity contribution in [1.29, 1.82) is 0 Å². The number of nitrogens with one attached hydrogen (secondary N) is 2. The Morgan fingerprint density at radius 3 is 2.72 bits per heavy atom. The Labute approximate surface area is 190 Å². The molecule has 158 valence electrons. The van der Waals surface area contributed by atoms with Gasteiger partial charge in [0, 0.05) is 34.4 Å². The molecule has 0 aliphatic heterocycles. The summed E-state index contributed by atoms with van der Waals surface area (Å²) < 4.78 is 0. The van der Waals surface area contributed by atoms with Crippen LogP contribution in [0.5, 0.6) is 0 Å². The molecule has 0 spiro atoms. The molecule has 0 bridgehead atoms. The number of carbonyl (C=O) groups is 1. The molecule has 0 saturated carbocycles. The fraction of sp³-hybridized carbons (Fsp3) is 0.0769. The minimum absolute atomic E-state index is 0.224. The van der Waals surface area contributed by atoms with Gasteiger partial charge in [-0.05, 0) is 53.9 Å². The normalized spacial score (nSPS) is 11.2. The highest BCUT2D eigenvalue weighted by atomic mass is 35.5. The SMILES string of the molecule is C=CCN(C(=O)c1nc2c(Cc3ccccc3)cc(Cl)cc2[nH]1)c1ccc2[nH]ccc2c1. The van der Waals surface area contributed by atoms with E-state index in [1.165, 1.54) is 0 Å². The van der Waals surface area contributed by atoms with Crippen LogP contribution < -0.4 is 4.90 Å². The van der Waals surface area contributed by atoms with E-state index < -0.39 is 0 Å². The predicted molar refractivity (Wildman–Crippen MR) is 131 cm³/mol. The van der Waals surface area contributed by atoms with Gasteiger partial charge in [-0.1, -0.05) is 48.0 Å². The predicted octanol–water partition coefficient (Wildman–Crippen LogP) is 6.12. The number of halogens is 1. The molecule has 6 heteroatoms. The third kappa shape index (κ3) is 3.79. The van der Waals surface area contributed by atoms with Gasteiger partial charge < -0.3 is 14.9 Å². The first-order chi connectivity index (χ1) is 15.6. The minimum atomic E-state index is -0.224. The molecule has 0 radical (unpaired) electrons. The quantitative estimate of drug-likeness (QED) is 0.312. The van der Waals surface area contributed by atoms with Crippen molar-refractivity contribution in [3.05, 3.63) is 108 Å². The van der Waals surface area contributed by atoms with Crippen molar-refractivity contribution in [2.45, 2.75) is 6.42 Å². The van der Waals surface area contributed by atoms with E-state index in [1.54, 1.807) is 17.0 Å². The summed E-state index contributed by atoms with van der Waals surface area (Å²) in [6, 6.07) is 21.7. The van der Waals surface area contributed by atoms with Gasteiger partial charge in [0.15, 0.2) is 5.82 Å². The second kappa shape index (κ2) is 8.36. The van der Waals surface area contributed by atoms with Crippen LogP contribution in [0.3, 0.4) is 0 Å². The molecule has 0 atom stereocenters. The maximum absolute atomic E-state index is 13.5. The zero-order valence-corrected chi connectivity index (χ0v) is 18.1. The molecule has 5 nitrogen and oxygen atoms in total. The fourth-order valence-electron chi connectivity index (χ4n) is 3.97. The molecule has 2 heterocycles. The van der Waals surface area contributed by atoms with Crippen LogP contribution in [0.4, 0.5) is 5.69 Å². The number of aromatic nitrogens is 3. The number of hydrogen-bond acceptors (Lipinski definition) is 2. The van der Waals surface area contributed by atoms with Crippen LogP contribution in [0.2, 0.25) is 5.02 Å². The number of carbonyl (C=O) groups excluding carboxylic acids is 1. The molecule has 0 unspecified atom stereocenters. The molecule has 1 amide bonds. The van der Waals surface area contributed by atoms with E-state index in [1.807, 2.05) is 54.7 Å².